The Labute approximate surface area is 127 Å². The van der Waals surface area contributed by atoms with E-state index in [0.29, 0.717) is 32.1 Å². The van der Waals surface area contributed by atoms with E-state index in [2.05, 4.69) is 33.0 Å². The lowest BCUT2D eigenvalue weighted by Crippen LogP contribution is -2.46. The molecule has 0 atom stereocenters. The van der Waals surface area contributed by atoms with E-state index in [9.17, 15) is 9.59 Å². The van der Waals surface area contributed by atoms with Crippen LogP contribution in [0.25, 0.3) is 0 Å². The molecule has 122 valence electrons. The van der Waals surface area contributed by atoms with Gasteiger partial charge in [0.05, 0.1) is 6.54 Å². The minimum Gasteiger partial charge on any atom is -0.480 e. The Morgan fingerprint density at radius 3 is 2.43 bits per heavy atom. The van der Waals surface area contributed by atoms with Gasteiger partial charge in [-0.25, -0.2) is 4.79 Å². The van der Waals surface area contributed by atoms with Gasteiger partial charge in [0.1, 0.15) is 0 Å². The molecule has 0 saturated carbocycles. The predicted molar refractivity (Wildman–Crippen MR) is 82.3 cm³/mol. The van der Waals surface area contributed by atoms with Crippen molar-refractivity contribution in [3.8, 4) is 0 Å². The van der Waals surface area contributed by atoms with Crippen LogP contribution in [0.5, 0.6) is 0 Å². The van der Waals surface area contributed by atoms with E-state index in [1.54, 1.807) is 4.90 Å². The molecule has 0 spiro atoms. The van der Waals surface area contributed by atoms with Gasteiger partial charge in [-0.1, -0.05) is 27.7 Å². The zero-order valence-corrected chi connectivity index (χ0v) is 13.7. The largest absolute Gasteiger partial charge is 0.480 e. The van der Waals surface area contributed by atoms with E-state index in [4.69, 9.17) is 5.11 Å². The summed E-state index contributed by atoms with van der Waals surface area (Å²) < 4.78 is 0. The zero-order chi connectivity index (χ0) is 16.0. The highest BCUT2D eigenvalue weighted by Gasteiger charge is 2.25. The number of hydrogen-bond donors (Lipinski definition) is 2. The smallest absolute Gasteiger partial charge is 0.317 e. The second-order valence-electron chi connectivity index (χ2n) is 6.81. The Hall–Kier alpha value is -1.30. The molecule has 0 bridgehead atoms. The van der Waals surface area contributed by atoms with Crippen LogP contribution in [0, 0.1) is 11.3 Å². The number of carbonyl (C=O) groups is 2. The van der Waals surface area contributed by atoms with Gasteiger partial charge >= 0.3 is 12.0 Å². The Kier molecular flexibility index (Phi) is 6.45. The minimum absolute atomic E-state index is 0.0408. The number of nitrogens with one attached hydrogen (secondary N) is 1. The van der Waals surface area contributed by atoms with Crippen LogP contribution in [0.15, 0.2) is 0 Å². The molecule has 0 aliphatic carbocycles. The average molecular weight is 299 g/mol. The average Bonchev–Trinajstić information content (AvgIpc) is 2.61. The van der Waals surface area contributed by atoms with Crippen LogP contribution in [0.3, 0.4) is 0 Å². The van der Waals surface area contributed by atoms with Crippen LogP contribution in [-0.4, -0.2) is 66.2 Å². The maximum Gasteiger partial charge on any atom is 0.317 e. The number of hydrogen-bond acceptors (Lipinski definition) is 3. The summed E-state index contributed by atoms with van der Waals surface area (Å²) in [5.74, 6) is -0.320. The summed E-state index contributed by atoms with van der Waals surface area (Å²) in [5, 5.41) is 11.8. The molecular formula is C15H29N3O3. The van der Waals surface area contributed by atoms with E-state index >= 15 is 0 Å². The number of aliphatic carboxylic acids is 1. The van der Waals surface area contributed by atoms with Gasteiger partial charge in [0.25, 0.3) is 0 Å². The van der Waals surface area contributed by atoms with Gasteiger partial charge in [-0.15, -0.1) is 0 Å². The molecule has 2 amide bonds. The first kappa shape index (κ1) is 17.8. The van der Waals surface area contributed by atoms with Crippen molar-refractivity contribution in [1.29, 1.82) is 0 Å². The molecule has 1 heterocycles. The molecule has 1 aliphatic rings. The van der Waals surface area contributed by atoms with Gasteiger partial charge in [-0.3, -0.25) is 9.69 Å². The van der Waals surface area contributed by atoms with Crippen LogP contribution < -0.4 is 5.32 Å². The topological polar surface area (TPSA) is 72.9 Å². The predicted octanol–water partition coefficient (Wildman–Crippen LogP) is 1.47. The summed E-state index contributed by atoms with van der Waals surface area (Å²) in [5.41, 5.74) is 0.0663. The van der Waals surface area contributed by atoms with Crippen LogP contribution in [0.1, 0.15) is 34.1 Å². The Morgan fingerprint density at radius 1 is 1.19 bits per heavy atom. The van der Waals surface area contributed by atoms with Crippen molar-refractivity contribution in [2.45, 2.75) is 34.1 Å². The number of carbonyl (C=O) groups excluding carboxylic acids is 1. The first-order valence-electron chi connectivity index (χ1n) is 7.69. The van der Waals surface area contributed by atoms with Gasteiger partial charge < -0.3 is 15.3 Å². The van der Waals surface area contributed by atoms with Crippen molar-refractivity contribution in [1.82, 2.24) is 15.1 Å². The fourth-order valence-corrected chi connectivity index (χ4v) is 2.14. The van der Waals surface area contributed by atoms with E-state index in [1.807, 2.05) is 4.90 Å². The molecule has 0 radical (unpaired) electrons. The highest BCUT2D eigenvalue weighted by molar-refractivity contribution is 5.74. The number of carboxylic acid groups (broad SMARTS) is 1. The summed E-state index contributed by atoms with van der Waals surface area (Å²) in [4.78, 5) is 26.6. The lowest BCUT2D eigenvalue weighted by atomic mass is 9.81. The standard InChI is InChI=1S/C15H29N3O3/c1-12(2)15(3,4)11-16-14(21)18-7-5-6-17(8-9-18)10-13(19)20/h12H,5-11H2,1-4H3,(H,16,21)(H,19,20). The Bertz CT molecular complexity index is 369. The first-order valence-corrected chi connectivity index (χ1v) is 7.69. The second-order valence-corrected chi connectivity index (χ2v) is 6.81. The molecule has 0 unspecified atom stereocenters. The lowest BCUT2D eigenvalue weighted by Gasteiger charge is -2.31. The van der Waals surface area contributed by atoms with Crippen LogP contribution >= 0.6 is 0 Å². The van der Waals surface area contributed by atoms with Crippen molar-refractivity contribution in [2.75, 3.05) is 39.3 Å². The molecule has 0 aromatic rings. The van der Waals surface area contributed by atoms with Crippen molar-refractivity contribution in [2.24, 2.45) is 11.3 Å². The fraction of sp³-hybridized carbons (Fsp3) is 0.867. The zero-order valence-electron chi connectivity index (χ0n) is 13.7. The lowest BCUT2D eigenvalue weighted by molar-refractivity contribution is -0.138. The summed E-state index contributed by atoms with van der Waals surface area (Å²) in [7, 11) is 0. The quantitative estimate of drug-likeness (QED) is 0.806. The number of nitrogens with zero attached hydrogens (tertiary/aromatic N) is 2. The van der Waals surface area contributed by atoms with E-state index in [1.165, 1.54) is 0 Å². The van der Waals surface area contributed by atoms with Crippen molar-refractivity contribution in [3.05, 3.63) is 0 Å². The summed E-state index contributed by atoms with van der Waals surface area (Å²) in [6.45, 7) is 11.9. The molecular weight excluding hydrogens is 270 g/mol. The van der Waals surface area contributed by atoms with E-state index < -0.39 is 5.97 Å². The third-order valence-electron chi connectivity index (χ3n) is 4.49. The molecule has 21 heavy (non-hydrogen) atoms. The third-order valence-corrected chi connectivity index (χ3v) is 4.49. The van der Waals surface area contributed by atoms with E-state index in [0.717, 1.165) is 13.0 Å². The minimum atomic E-state index is -0.813. The fourth-order valence-electron chi connectivity index (χ4n) is 2.14. The van der Waals surface area contributed by atoms with Gasteiger partial charge in [0.15, 0.2) is 0 Å². The maximum absolute atomic E-state index is 12.2. The Morgan fingerprint density at radius 2 is 1.86 bits per heavy atom. The molecule has 1 fully saturated rings. The molecule has 0 aromatic heterocycles. The second kappa shape index (κ2) is 7.64. The van der Waals surface area contributed by atoms with Gasteiger partial charge in [0, 0.05) is 32.7 Å². The SMILES string of the molecule is CC(C)C(C)(C)CNC(=O)N1CCCN(CC(=O)O)CC1. The monoisotopic (exact) mass is 299 g/mol. The third kappa shape index (κ3) is 5.91. The van der Waals surface area contributed by atoms with Gasteiger partial charge in [-0.2, -0.15) is 0 Å². The van der Waals surface area contributed by atoms with Crippen LogP contribution in [-0.2, 0) is 4.79 Å². The van der Waals surface area contributed by atoms with Gasteiger partial charge in [0.2, 0.25) is 0 Å². The molecule has 6 nitrogen and oxygen atoms in total. The molecule has 0 aromatic carbocycles. The highest BCUT2D eigenvalue weighted by atomic mass is 16.4. The number of rotatable bonds is 5. The van der Waals surface area contributed by atoms with Crippen molar-refractivity contribution >= 4 is 12.0 Å². The molecule has 6 heteroatoms. The Balaban J connectivity index is 2.43. The summed E-state index contributed by atoms with van der Waals surface area (Å²) in [6.07, 6.45) is 0.814. The summed E-state index contributed by atoms with van der Waals surface area (Å²) >= 11 is 0. The first-order chi connectivity index (χ1) is 9.72. The van der Waals surface area contributed by atoms with Crippen molar-refractivity contribution < 1.29 is 14.7 Å². The van der Waals surface area contributed by atoms with Crippen LogP contribution in [0.2, 0.25) is 0 Å². The molecule has 2 N–H and O–H groups in total. The molecule has 1 rings (SSSR count). The summed E-state index contributed by atoms with van der Waals surface area (Å²) in [6, 6.07) is -0.0408. The van der Waals surface area contributed by atoms with E-state index in [-0.39, 0.29) is 18.0 Å². The molecule has 1 saturated heterocycles. The number of carboxylic acids is 1. The van der Waals surface area contributed by atoms with Gasteiger partial charge in [-0.05, 0) is 17.8 Å². The highest BCUT2D eigenvalue weighted by Crippen LogP contribution is 2.24. The number of amides is 2. The van der Waals surface area contributed by atoms with Crippen molar-refractivity contribution in [3.63, 3.8) is 0 Å². The maximum atomic E-state index is 12.2. The molecule has 1 aliphatic heterocycles. The van der Waals surface area contributed by atoms with Crippen LogP contribution in [0.4, 0.5) is 4.79 Å². The normalized spacial score (nSPS) is 17.7. The number of urea groups is 1.